The maximum atomic E-state index is 6.13. The normalized spacial score (nSPS) is 11.2. The van der Waals surface area contributed by atoms with Crippen LogP contribution in [-0.2, 0) is 5.54 Å². The summed E-state index contributed by atoms with van der Waals surface area (Å²) in [5.41, 5.74) is 2.75. The van der Waals surface area contributed by atoms with Gasteiger partial charge in [0.05, 0.1) is 17.8 Å². The van der Waals surface area contributed by atoms with Gasteiger partial charge in [-0.1, -0.05) is 91.0 Å². The molecule has 168 valence electrons. The van der Waals surface area contributed by atoms with Gasteiger partial charge in [0.25, 0.3) is 0 Å². The van der Waals surface area contributed by atoms with Crippen molar-refractivity contribution in [1.82, 2.24) is 9.55 Å². The van der Waals surface area contributed by atoms with Crippen LogP contribution in [0, 0.1) is 0 Å². The lowest BCUT2D eigenvalue weighted by molar-refractivity contribution is 0.405. The number of benzene rings is 4. The van der Waals surface area contributed by atoms with E-state index in [4.69, 9.17) is 9.47 Å². The molecule has 0 unspecified atom stereocenters. The summed E-state index contributed by atoms with van der Waals surface area (Å²) in [5.74, 6) is 1.84. The smallest absolute Gasteiger partial charge is 0.237 e. The first-order valence-corrected chi connectivity index (χ1v) is 11.7. The number of nitrogens with zero attached hydrogens (tertiary/aromatic N) is 2. The zero-order chi connectivity index (χ0) is 23.4. The number of aromatic nitrogens is 2. The third-order valence-corrected chi connectivity index (χ3v) is 6.52. The van der Waals surface area contributed by atoms with Crippen LogP contribution in [-0.4, -0.2) is 16.7 Å². The van der Waals surface area contributed by atoms with Crippen molar-refractivity contribution in [2.24, 2.45) is 0 Å². The number of hydrogen-bond acceptors (Lipinski definition) is 3. The standard InChI is InChI=1S/C29H23BrN2O2/c1-33-27-19-25(17-18-26(27)30)34-28-20-32(21-31-28)29(22-11-5-2-6-12-22,23-13-7-3-8-14-23)24-15-9-4-10-16-24/h2-21H,1H3. The molecule has 0 fully saturated rings. The first-order chi connectivity index (χ1) is 16.7. The maximum Gasteiger partial charge on any atom is 0.237 e. The lowest BCUT2D eigenvalue weighted by Gasteiger charge is -2.37. The van der Waals surface area contributed by atoms with Gasteiger partial charge in [0.15, 0.2) is 0 Å². The molecule has 0 bridgehead atoms. The summed E-state index contributed by atoms with van der Waals surface area (Å²) >= 11 is 3.48. The Kier molecular flexibility index (Phi) is 6.19. The minimum Gasteiger partial charge on any atom is -0.495 e. The van der Waals surface area contributed by atoms with Gasteiger partial charge in [0.2, 0.25) is 5.88 Å². The Morgan fingerprint density at radius 2 is 1.26 bits per heavy atom. The molecule has 0 amide bonds. The molecule has 0 aliphatic rings. The highest BCUT2D eigenvalue weighted by atomic mass is 79.9. The zero-order valence-electron chi connectivity index (χ0n) is 18.6. The lowest BCUT2D eigenvalue weighted by atomic mass is 9.77. The van der Waals surface area contributed by atoms with Crippen molar-refractivity contribution < 1.29 is 9.47 Å². The first kappa shape index (κ1) is 22.0. The van der Waals surface area contributed by atoms with Crippen molar-refractivity contribution in [2.45, 2.75) is 5.54 Å². The summed E-state index contributed by atoms with van der Waals surface area (Å²) in [7, 11) is 1.63. The lowest BCUT2D eigenvalue weighted by Crippen LogP contribution is -2.36. The van der Waals surface area contributed by atoms with E-state index in [1.54, 1.807) is 7.11 Å². The second kappa shape index (κ2) is 9.57. The Morgan fingerprint density at radius 1 is 0.735 bits per heavy atom. The molecule has 5 aromatic rings. The first-order valence-electron chi connectivity index (χ1n) is 10.9. The second-order valence-corrected chi connectivity index (χ2v) is 8.68. The molecule has 4 nitrogen and oxygen atoms in total. The van der Waals surface area contributed by atoms with Crippen LogP contribution in [0.15, 0.2) is 126 Å². The minimum absolute atomic E-state index is 0.497. The highest BCUT2D eigenvalue weighted by Gasteiger charge is 2.38. The van der Waals surface area contributed by atoms with Crippen molar-refractivity contribution in [3.63, 3.8) is 0 Å². The van der Waals surface area contributed by atoms with E-state index in [1.807, 2.05) is 48.9 Å². The predicted octanol–water partition coefficient (Wildman–Crippen LogP) is 7.29. The van der Waals surface area contributed by atoms with Crippen LogP contribution in [0.1, 0.15) is 16.7 Å². The van der Waals surface area contributed by atoms with Crippen LogP contribution in [0.2, 0.25) is 0 Å². The molecule has 34 heavy (non-hydrogen) atoms. The molecular weight excluding hydrogens is 488 g/mol. The fraction of sp³-hybridized carbons (Fsp3) is 0.0690. The van der Waals surface area contributed by atoms with Gasteiger partial charge in [-0.05, 0) is 44.8 Å². The Labute approximate surface area is 207 Å². The van der Waals surface area contributed by atoms with Crippen molar-refractivity contribution in [3.8, 4) is 17.4 Å². The number of methoxy groups -OCH3 is 1. The quantitative estimate of drug-likeness (QED) is 0.215. The average Bonchev–Trinajstić information content (AvgIpc) is 3.36. The third-order valence-electron chi connectivity index (χ3n) is 5.87. The Balaban J connectivity index is 1.67. The van der Waals surface area contributed by atoms with E-state index >= 15 is 0 Å². The van der Waals surface area contributed by atoms with Gasteiger partial charge in [0.1, 0.15) is 23.4 Å². The van der Waals surface area contributed by atoms with Crippen molar-refractivity contribution in [2.75, 3.05) is 7.11 Å². The SMILES string of the molecule is COc1cc(Oc2cn(C(c3ccccc3)(c3ccccc3)c3ccccc3)cn2)ccc1Br. The summed E-state index contributed by atoms with van der Waals surface area (Å²) in [5, 5.41) is 0. The van der Waals surface area contributed by atoms with E-state index < -0.39 is 5.54 Å². The summed E-state index contributed by atoms with van der Waals surface area (Å²) < 4.78 is 14.5. The van der Waals surface area contributed by atoms with Gasteiger partial charge in [-0.3, -0.25) is 0 Å². The largest absolute Gasteiger partial charge is 0.495 e. The van der Waals surface area contributed by atoms with Crippen LogP contribution in [0.4, 0.5) is 0 Å². The second-order valence-electron chi connectivity index (χ2n) is 7.83. The number of rotatable bonds is 7. The number of imidazole rings is 1. The fourth-order valence-corrected chi connectivity index (χ4v) is 4.76. The van der Waals surface area contributed by atoms with Crippen LogP contribution < -0.4 is 9.47 Å². The molecule has 0 N–H and O–H groups in total. The number of halogens is 1. The molecule has 0 aliphatic carbocycles. The predicted molar refractivity (Wildman–Crippen MR) is 138 cm³/mol. The topological polar surface area (TPSA) is 36.3 Å². The molecule has 0 spiro atoms. The average molecular weight is 511 g/mol. The highest BCUT2D eigenvalue weighted by molar-refractivity contribution is 9.10. The van der Waals surface area contributed by atoms with E-state index in [1.165, 1.54) is 0 Å². The van der Waals surface area contributed by atoms with E-state index in [-0.39, 0.29) is 0 Å². The maximum absolute atomic E-state index is 6.13. The molecule has 1 heterocycles. The van der Waals surface area contributed by atoms with Gasteiger partial charge >= 0.3 is 0 Å². The van der Waals surface area contributed by atoms with Gasteiger partial charge < -0.3 is 14.0 Å². The Hall–Kier alpha value is -3.83. The summed E-state index contributed by atoms with van der Waals surface area (Å²) in [6.45, 7) is 0. The van der Waals surface area contributed by atoms with E-state index in [0.717, 1.165) is 21.2 Å². The summed E-state index contributed by atoms with van der Waals surface area (Å²) in [6, 6.07) is 37.0. The Bertz CT molecular complexity index is 1270. The molecule has 5 rings (SSSR count). The van der Waals surface area contributed by atoms with Crippen molar-refractivity contribution in [3.05, 3.63) is 143 Å². The van der Waals surface area contributed by atoms with Gasteiger partial charge in [0, 0.05) is 6.07 Å². The van der Waals surface area contributed by atoms with Crippen molar-refractivity contribution in [1.29, 1.82) is 0 Å². The monoisotopic (exact) mass is 510 g/mol. The van der Waals surface area contributed by atoms with Crippen LogP contribution in [0.3, 0.4) is 0 Å². The molecule has 0 atom stereocenters. The van der Waals surface area contributed by atoms with E-state index in [0.29, 0.717) is 17.4 Å². The molecule has 0 aliphatic heterocycles. The molecule has 0 radical (unpaired) electrons. The zero-order valence-corrected chi connectivity index (χ0v) is 20.2. The van der Waals surface area contributed by atoms with Gasteiger partial charge in [-0.2, -0.15) is 0 Å². The van der Waals surface area contributed by atoms with Crippen LogP contribution >= 0.6 is 15.9 Å². The van der Waals surface area contributed by atoms with E-state index in [9.17, 15) is 0 Å². The van der Waals surface area contributed by atoms with Crippen molar-refractivity contribution >= 4 is 15.9 Å². The number of ether oxygens (including phenoxy) is 2. The van der Waals surface area contributed by atoms with Gasteiger partial charge in [-0.15, -0.1) is 0 Å². The highest BCUT2D eigenvalue weighted by Crippen LogP contribution is 2.41. The van der Waals surface area contributed by atoms with Crippen LogP contribution in [0.25, 0.3) is 0 Å². The molecule has 4 aromatic carbocycles. The summed E-state index contributed by atoms with van der Waals surface area (Å²) in [6.07, 6.45) is 3.78. The summed E-state index contributed by atoms with van der Waals surface area (Å²) in [4.78, 5) is 4.62. The number of hydrogen-bond donors (Lipinski definition) is 0. The molecule has 5 heteroatoms. The van der Waals surface area contributed by atoms with E-state index in [2.05, 4.69) is 98.3 Å². The molecule has 1 aromatic heterocycles. The third kappa shape index (κ3) is 3.99. The molecule has 0 saturated carbocycles. The fourth-order valence-electron chi connectivity index (χ4n) is 4.35. The molecular formula is C29H23BrN2O2. The molecule has 0 saturated heterocycles. The van der Waals surface area contributed by atoms with Gasteiger partial charge in [-0.25, -0.2) is 4.98 Å². The minimum atomic E-state index is -0.629. The van der Waals surface area contributed by atoms with Crippen LogP contribution in [0.5, 0.6) is 17.4 Å². The Morgan fingerprint density at radius 3 is 1.76 bits per heavy atom.